The van der Waals surface area contributed by atoms with Gasteiger partial charge in [-0.3, -0.25) is 0 Å². The molecule has 0 amide bonds. The van der Waals surface area contributed by atoms with E-state index in [0.29, 0.717) is 0 Å². The van der Waals surface area contributed by atoms with E-state index in [9.17, 15) is 0 Å². The first kappa shape index (κ1) is 30.6. The summed E-state index contributed by atoms with van der Waals surface area (Å²) in [6.45, 7) is 13.7. The van der Waals surface area contributed by atoms with Crippen LogP contribution in [0.5, 0.6) is 0 Å². The van der Waals surface area contributed by atoms with Crippen LogP contribution in [0.3, 0.4) is 0 Å². The van der Waals surface area contributed by atoms with E-state index in [1.807, 2.05) is 0 Å². The van der Waals surface area contributed by atoms with Gasteiger partial charge in [0.1, 0.15) is 0 Å². The molecule has 0 atom stereocenters. The molecule has 0 saturated carbocycles. The summed E-state index contributed by atoms with van der Waals surface area (Å²) in [7, 11) is 0. The molecule has 0 saturated heterocycles. The van der Waals surface area contributed by atoms with Crippen molar-refractivity contribution in [2.45, 2.75) is 52.4 Å². The van der Waals surface area contributed by atoms with Crippen molar-refractivity contribution in [1.82, 2.24) is 0 Å². The lowest BCUT2D eigenvalue weighted by atomic mass is 9.82. The fourth-order valence-corrected chi connectivity index (χ4v) is 8.29. The molecule has 242 valence electrons. The Morgan fingerprint density at radius 2 is 0.680 bits per heavy atom. The number of fused-ring (bicyclic) bond motifs is 2. The smallest absolute Gasteiger partial charge is 0.00201 e. The van der Waals surface area contributed by atoms with E-state index in [-0.39, 0.29) is 10.8 Å². The van der Waals surface area contributed by atoms with Gasteiger partial charge in [0, 0.05) is 0 Å². The Kier molecular flexibility index (Phi) is 6.74. The molecule has 0 fully saturated rings. The predicted molar refractivity (Wildman–Crippen MR) is 219 cm³/mol. The maximum absolute atomic E-state index is 2.38. The topological polar surface area (TPSA) is 0 Å². The number of benzene rings is 9. The van der Waals surface area contributed by atoms with Crippen LogP contribution in [0.2, 0.25) is 0 Å². The van der Waals surface area contributed by atoms with Crippen LogP contribution in [0.25, 0.3) is 87.2 Å². The molecule has 9 rings (SSSR count). The summed E-state index contributed by atoms with van der Waals surface area (Å²) in [5.41, 5.74) is 10.7. The highest BCUT2D eigenvalue weighted by Crippen LogP contribution is 2.48. The van der Waals surface area contributed by atoms with Crippen LogP contribution < -0.4 is 0 Å². The summed E-state index contributed by atoms with van der Waals surface area (Å²) in [5.74, 6) is 0. The Balaban J connectivity index is 1.32. The zero-order chi connectivity index (χ0) is 34.4. The maximum Gasteiger partial charge on any atom is -0.00201 e. The quantitative estimate of drug-likeness (QED) is 0.133. The normalized spacial score (nSPS) is 12.6. The molecule has 0 aliphatic carbocycles. The molecule has 0 heteroatoms. The van der Waals surface area contributed by atoms with Gasteiger partial charge in [-0.15, -0.1) is 0 Å². The second-order valence-corrected chi connectivity index (χ2v) is 16.1. The zero-order valence-electron chi connectivity index (χ0n) is 29.9. The minimum atomic E-state index is 0.110. The van der Waals surface area contributed by atoms with E-state index in [1.165, 1.54) is 98.4 Å². The molecule has 0 nitrogen and oxygen atoms in total. The van der Waals surface area contributed by atoms with E-state index < -0.39 is 0 Å². The van der Waals surface area contributed by atoms with Crippen molar-refractivity contribution in [3.63, 3.8) is 0 Å². The third-order valence-corrected chi connectivity index (χ3v) is 11.0. The molecular formula is C50H42. The van der Waals surface area contributed by atoms with E-state index in [1.54, 1.807) is 0 Å². The highest BCUT2D eigenvalue weighted by atomic mass is 14.2. The highest BCUT2D eigenvalue weighted by molar-refractivity contribution is 6.30. The Bertz CT molecular complexity index is 2670. The molecule has 9 aromatic rings. The van der Waals surface area contributed by atoms with Crippen LogP contribution in [0.15, 0.2) is 146 Å². The van der Waals surface area contributed by atoms with Gasteiger partial charge in [0.05, 0.1) is 0 Å². The molecule has 0 aliphatic heterocycles. The van der Waals surface area contributed by atoms with E-state index in [4.69, 9.17) is 0 Å². The van der Waals surface area contributed by atoms with Gasteiger partial charge in [-0.25, -0.2) is 0 Å². The lowest BCUT2D eigenvalue weighted by Crippen LogP contribution is -2.10. The van der Waals surface area contributed by atoms with Gasteiger partial charge in [0.15, 0.2) is 0 Å². The van der Waals surface area contributed by atoms with Crippen molar-refractivity contribution in [3.05, 3.63) is 157 Å². The third kappa shape index (κ3) is 4.73. The monoisotopic (exact) mass is 642 g/mol. The molecule has 9 aromatic carbocycles. The average Bonchev–Trinajstić information content (AvgIpc) is 3.12. The maximum atomic E-state index is 2.38. The minimum absolute atomic E-state index is 0.110. The van der Waals surface area contributed by atoms with Crippen molar-refractivity contribution in [2.75, 3.05) is 0 Å². The van der Waals surface area contributed by atoms with Gasteiger partial charge in [-0.1, -0.05) is 187 Å². The Labute approximate surface area is 295 Å². The first-order chi connectivity index (χ1) is 24.1. The van der Waals surface area contributed by atoms with Gasteiger partial charge >= 0.3 is 0 Å². The van der Waals surface area contributed by atoms with Crippen molar-refractivity contribution >= 4 is 53.9 Å². The van der Waals surface area contributed by atoms with Crippen molar-refractivity contribution in [1.29, 1.82) is 0 Å². The molecule has 0 heterocycles. The second-order valence-electron chi connectivity index (χ2n) is 16.1. The number of hydrogen-bond donors (Lipinski definition) is 0. The lowest BCUT2D eigenvalue weighted by molar-refractivity contribution is 0.590. The van der Waals surface area contributed by atoms with Gasteiger partial charge in [0.2, 0.25) is 0 Å². The number of hydrogen-bond acceptors (Lipinski definition) is 0. The summed E-state index contributed by atoms with van der Waals surface area (Å²) in [6, 6.07) is 55.1. The summed E-state index contributed by atoms with van der Waals surface area (Å²) in [4.78, 5) is 0. The van der Waals surface area contributed by atoms with Crippen LogP contribution in [0, 0.1) is 0 Å². The zero-order valence-corrected chi connectivity index (χ0v) is 29.9. The largest absolute Gasteiger partial charge is 0.0616 e. The first-order valence-corrected chi connectivity index (χ1v) is 17.9. The summed E-state index contributed by atoms with van der Waals surface area (Å²) in [5, 5.41) is 13.0. The SMILES string of the molecule is CC(C)(C)c1ccc(-c2c3ccccc3c(-c3ccc4ccc5ccc(-c6ccc(C(C)(C)C)cc6)c6ccc3c4c56)c3ccccc23)cc1. The third-order valence-electron chi connectivity index (χ3n) is 11.0. The molecule has 0 spiro atoms. The van der Waals surface area contributed by atoms with Crippen molar-refractivity contribution in [3.8, 4) is 33.4 Å². The van der Waals surface area contributed by atoms with Crippen LogP contribution in [-0.2, 0) is 10.8 Å². The first-order valence-electron chi connectivity index (χ1n) is 17.9. The Morgan fingerprint density at radius 3 is 1.14 bits per heavy atom. The van der Waals surface area contributed by atoms with E-state index in [2.05, 4.69) is 187 Å². The molecular weight excluding hydrogens is 601 g/mol. The Morgan fingerprint density at radius 1 is 0.300 bits per heavy atom. The fraction of sp³-hybridized carbons (Fsp3) is 0.160. The molecule has 0 bridgehead atoms. The molecule has 0 unspecified atom stereocenters. The van der Waals surface area contributed by atoms with E-state index >= 15 is 0 Å². The summed E-state index contributed by atoms with van der Waals surface area (Å²) >= 11 is 0. The minimum Gasteiger partial charge on any atom is -0.0616 e. The second kappa shape index (κ2) is 11.0. The summed E-state index contributed by atoms with van der Waals surface area (Å²) < 4.78 is 0. The van der Waals surface area contributed by atoms with Gasteiger partial charge in [0.25, 0.3) is 0 Å². The van der Waals surface area contributed by atoms with Crippen LogP contribution in [0.4, 0.5) is 0 Å². The fourth-order valence-electron chi connectivity index (χ4n) is 8.29. The average molecular weight is 643 g/mol. The van der Waals surface area contributed by atoms with Crippen LogP contribution >= 0.6 is 0 Å². The molecule has 0 N–H and O–H groups in total. The Hall–Kier alpha value is -5.46. The molecule has 0 aliphatic rings. The van der Waals surface area contributed by atoms with Crippen molar-refractivity contribution < 1.29 is 0 Å². The molecule has 50 heavy (non-hydrogen) atoms. The summed E-state index contributed by atoms with van der Waals surface area (Å²) in [6.07, 6.45) is 0. The molecule has 0 radical (unpaired) electrons. The molecule has 0 aromatic heterocycles. The van der Waals surface area contributed by atoms with Gasteiger partial charge in [-0.2, -0.15) is 0 Å². The van der Waals surface area contributed by atoms with Gasteiger partial charge in [-0.05, 0) is 109 Å². The van der Waals surface area contributed by atoms with Gasteiger partial charge < -0.3 is 0 Å². The standard InChI is InChI=1S/C50H42/c1-49(2,3)35-23-17-31(18-24-35)37-27-21-33-15-16-34-22-28-44(43-30-29-42(37)46(33)47(34)43)48-40-13-9-7-11-38(40)45(39-12-8-10-14-41(39)48)32-19-25-36(26-20-32)50(4,5)6/h7-30H,1-6H3. The predicted octanol–water partition coefficient (Wildman–Crippen LogP) is 14.5. The highest BCUT2D eigenvalue weighted by Gasteiger charge is 2.21. The number of rotatable bonds is 3. The van der Waals surface area contributed by atoms with E-state index in [0.717, 1.165) is 0 Å². The van der Waals surface area contributed by atoms with Crippen molar-refractivity contribution in [2.24, 2.45) is 0 Å². The van der Waals surface area contributed by atoms with Crippen LogP contribution in [0.1, 0.15) is 52.7 Å². The lowest BCUT2D eigenvalue weighted by Gasteiger charge is -2.22. The van der Waals surface area contributed by atoms with Crippen LogP contribution in [-0.4, -0.2) is 0 Å².